The number of carbonyl (C=O) groups excluding carboxylic acids is 1. The number of benzene rings is 2. The van der Waals surface area contributed by atoms with E-state index in [-0.39, 0.29) is 11.8 Å². The summed E-state index contributed by atoms with van der Waals surface area (Å²) < 4.78 is 0. The molecular weight excluding hydrogens is 468 g/mol. The quantitative estimate of drug-likeness (QED) is 0.251. The number of thiophene rings is 1. The number of ketones is 1. The molecule has 3 aromatic rings. The van der Waals surface area contributed by atoms with E-state index in [2.05, 4.69) is 31.2 Å². The highest BCUT2D eigenvalue weighted by molar-refractivity contribution is 7.13. The number of aliphatic hydroxyl groups excluding tert-OH is 1. The number of unbranched alkanes of at least 4 members (excludes halogenated alkanes) is 2. The Morgan fingerprint density at radius 3 is 2.33 bits per heavy atom. The van der Waals surface area contributed by atoms with Crippen molar-refractivity contribution in [1.82, 2.24) is 0 Å². The zero-order valence-corrected chi connectivity index (χ0v) is 21.8. The van der Waals surface area contributed by atoms with Gasteiger partial charge in [0.05, 0.1) is 6.10 Å². The van der Waals surface area contributed by atoms with Crippen LogP contribution >= 0.6 is 11.3 Å². The van der Waals surface area contributed by atoms with Crippen molar-refractivity contribution in [2.24, 2.45) is 0 Å². The van der Waals surface area contributed by atoms with Gasteiger partial charge < -0.3 is 10.2 Å². The van der Waals surface area contributed by atoms with Crippen molar-refractivity contribution >= 4 is 23.1 Å². The molecule has 190 valence electrons. The molecule has 1 fully saturated rings. The molecule has 2 aromatic carbocycles. The summed E-state index contributed by atoms with van der Waals surface area (Å²) in [6.45, 7) is 2.16. The highest BCUT2D eigenvalue weighted by Crippen LogP contribution is 2.41. The number of Topliss-reactive ketones (excluding diaryl/α,β-unsaturated/α-hetero) is 1. The van der Waals surface area contributed by atoms with Crippen LogP contribution < -0.4 is 0 Å². The molecule has 1 saturated carbocycles. The Morgan fingerprint density at radius 1 is 0.944 bits per heavy atom. The normalized spacial score (nSPS) is 18.4. The Morgan fingerprint density at radius 2 is 1.67 bits per heavy atom. The first kappa shape index (κ1) is 26.3. The van der Waals surface area contributed by atoms with Crippen LogP contribution in [0.2, 0.25) is 0 Å². The average Bonchev–Trinajstić information content (AvgIpc) is 3.52. The second-order valence-corrected chi connectivity index (χ2v) is 11.2. The van der Waals surface area contributed by atoms with Crippen molar-refractivity contribution in [3.05, 3.63) is 92.7 Å². The van der Waals surface area contributed by atoms with E-state index in [1.165, 1.54) is 22.5 Å². The van der Waals surface area contributed by atoms with Crippen LogP contribution in [0.3, 0.4) is 0 Å². The first-order valence-electron chi connectivity index (χ1n) is 13.2. The summed E-state index contributed by atoms with van der Waals surface area (Å²) in [6.07, 6.45) is 7.89. The van der Waals surface area contributed by atoms with Crippen molar-refractivity contribution in [2.75, 3.05) is 0 Å². The minimum absolute atomic E-state index is 0.0672. The summed E-state index contributed by atoms with van der Waals surface area (Å²) in [5.74, 6) is -0.376. The summed E-state index contributed by atoms with van der Waals surface area (Å²) in [6, 6.07) is 20.3. The van der Waals surface area contributed by atoms with E-state index < -0.39 is 12.1 Å². The lowest BCUT2D eigenvalue weighted by molar-refractivity contribution is -0.118. The molecule has 36 heavy (non-hydrogen) atoms. The maximum Gasteiger partial charge on any atom is 0.345 e. The Kier molecular flexibility index (Phi) is 9.11. The Hall–Kier alpha value is -2.76. The average molecular weight is 505 g/mol. The molecule has 0 radical (unpaired) electrons. The number of rotatable bonds is 12. The van der Waals surface area contributed by atoms with Crippen LogP contribution in [-0.4, -0.2) is 22.0 Å². The zero-order chi connectivity index (χ0) is 25.5. The van der Waals surface area contributed by atoms with E-state index in [0.29, 0.717) is 17.1 Å². The Balaban J connectivity index is 1.29. The minimum atomic E-state index is -0.858. The molecule has 1 heterocycles. The summed E-state index contributed by atoms with van der Waals surface area (Å²) in [5.41, 5.74) is 4.49. The third kappa shape index (κ3) is 6.71. The van der Waals surface area contributed by atoms with Crippen molar-refractivity contribution in [3.8, 4) is 0 Å². The molecule has 3 atom stereocenters. The van der Waals surface area contributed by atoms with E-state index in [0.717, 1.165) is 67.4 Å². The van der Waals surface area contributed by atoms with Crippen LogP contribution in [0.1, 0.15) is 107 Å². The fraction of sp³-hybridized carbons (Fsp3) is 0.419. The first-order valence-corrected chi connectivity index (χ1v) is 14.0. The SMILES string of the molecule is CCCCCC(O)c1ccc([C@@H]2CC(c3ccc(CCCc4ccc(C(=O)O)s4)cc3)CC2=O)cc1. The maximum atomic E-state index is 12.9. The molecule has 1 aromatic heterocycles. The van der Waals surface area contributed by atoms with E-state index in [9.17, 15) is 14.7 Å². The van der Waals surface area contributed by atoms with Gasteiger partial charge in [-0.2, -0.15) is 0 Å². The third-order valence-electron chi connectivity index (χ3n) is 7.37. The number of aryl methyl sites for hydroxylation is 2. The summed E-state index contributed by atoms with van der Waals surface area (Å²) >= 11 is 1.36. The van der Waals surface area contributed by atoms with E-state index >= 15 is 0 Å². The van der Waals surface area contributed by atoms with Gasteiger partial charge in [-0.15, -0.1) is 11.3 Å². The van der Waals surface area contributed by atoms with Crippen molar-refractivity contribution in [3.63, 3.8) is 0 Å². The predicted molar refractivity (Wildman–Crippen MR) is 145 cm³/mol. The van der Waals surface area contributed by atoms with Gasteiger partial charge in [0, 0.05) is 17.2 Å². The van der Waals surface area contributed by atoms with Gasteiger partial charge in [0.25, 0.3) is 0 Å². The number of aliphatic hydroxyl groups is 1. The highest BCUT2D eigenvalue weighted by Gasteiger charge is 2.34. The molecule has 0 aliphatic heterocycles. The number of carboxylic acid groups (broad SMARTS) is 1. The van der Waals surface area contributed by atoms with Gasteiger partial charge in [0.1, 0.15) is 10.7 Å². The summed E-state index contributed by atoms with van der Waals surface area (Å²) in [4.78, 5) is 25.4. The van der Waals surface area contributed by atoms with Gasteiger partial charge in [-0.05, 0) is 72.4 Å². The smallest absolute Gasteiger partial charge is 0.345 e. The second kappa shape index (κ2) is 12.5. The molecule has 0 saturated heterocycles. The second-order valence-electron chi connectivity index (χ2n) is 10.0. The summed E-state index contributed by atoms with van der Waals surface area (Å²) in [5, 5.41) is 19.5. The van der Waals surface area contributed by atoms with Crippen LogP contribution in [0.5, 0.6) is 0 Å². The van der Waals surface area contributed by atoms with Gasteiger partial charge >= 0.3 is 5.97 Å². The first-order chi connectivity index (χ1) is 17.4. The molecule has 1 aliphatic rings. The van der Waals surface area contributed by atoms with Gasteiger partial charge in [0.15, 0.2) is 0 Å². The van der Waals surface area contributed by atoms with E-state index in [4.69, 9.17) is 5.11 Å². The minimum Gasteiger partial charge on any atom is -0.477 e. The Labute approximate surface area is 218 Å². The molecule has 0 spiro atoms. The molecule has 4 rings (SSSR count). The Bertz CT molecular complexity index is 1150. The monoisotopic (exact) mass is 504 g/mol. The number of hydrogen-bond donors (Lipinski definition) is 2. The zero-order valence-electron chi connectivity index (χ0n) is 21.0. The van der Waals surface area contributed by atoms with Crippen LogP contribution in [-0.2, 0) is 17.6 Å². The standard InChI is InChI=1S/C31H36O4S/c1-2-3-4-8-28(32)24-15-13-23(14-16-24)27-19-25(20-29(27)33)22-11-9-21(10-12-22)6-5-7-26-17-18-30(36-26)31(34)35/h9-18,25,27-28,32H,2-8,19-20H2,1H3,(H,34,35)/t25?,27-,28?/m0/s1. The number of aromatic carboxylic acids is 1. The number of hydrogen-bond acceptors (Lipinski definition) is 4. The van der Waals surface area contributed by atoms with E-state index in [1.807, 2.05) is 30.3 Å². The lowest BCUT2D eigenvalue weighted by Crippen LogP contribution is -2.05. The van der Waals surface area contributed by atoms with Crippen molar-refractivity contribution in [1.29, 1.82) is 0 Å². The largest absolute Gasteiger partial charge is 0.477 e. The van der Waals surface area contributed by atoms with E-state index in [1.54, 1.807) is 6.07 Å². The molecule has 2 N–H and O–H groups in total. The number of carboxylic acids is 1. The maximum absolute atomic E-state index is 12.9. The molecule has 2 unspecified atom stereocenters. The predicted octanol–water partition coefficient (Wildman–Crippen LogP) is 7.47. The topological polar surface area (TPSA) is 74.6 Å². The van der Waals surface area contributed by atoms with Crippen LogP contribution in [0, 0.1) is 0 Å². The van der Waals surface area contributed by atoms with Crippen LogP contribution in [0.4, 0.5) is 0 Å². The molecule has 0 amide bonds. The van der Waals surface area contributed by atoms with Gasteiger partial charge in [-0.3, -0.25) is 4.79 Å². The fourth-order valence-electron chi connectivity index (χ4n) is 5.22. The van der Waals surface area contributed by atoms with Crippen LogP contribution in [0.25, 0.3) is 0 Å². The molecule has 5 heteroatoms. The lowest BCUT2D eigenvalue weighted by atomic mass is 9.91. The van der Waals surface area contributed by atoms with Crippen molar-refractivity contribution in [2.45, 2.75) is 82.7 Å². The van der Waals surface area contributed by atoms with Gasteiger partial charge in [0.2, 0.25) is 0 Å². The lowest BCUT2D eigenvalue weighted by Gasteiger charge is -2.14. The molecule has 0 bridgehead atoms. The van der Waals surface area contributed by atoms with Gasteiger partial charge in [-0.1, -0.05) is 74.7 Å². The van der Waals surface area contributed by atoms with Crippen LogP contribution in [0.15, 0.2) is 60.7 Å². The summed E-state index contributed by atoms with van der Waals surface area (Å²) in [7, 11) is 0. The van der Waals surface area contributed by atoms with Crippen molar-refractivity contribution < 1.29 is 19.8 Å². The number of carbonyl (C=O) groups is 2. The highest BCUT2D eigenvalue weighted by atomic mass is 32.1. The van der Waals surface area contributed by atoms with Gasteiger partial charge in [-0.25, -0.2) is 4.79 Å². The molecular formula is C31H36O4S. The molecule has 4 nitrogen and oxygen atoms in total. The fourth-order valence-corrected chi connectivity index (χ4v) is 6.10. The molecule has 1 aliphatic carbocycles. The third-order valence-corrected chi connectivity index (χ3v) is 8.51.